The van der Waals surface area contributed by atoms with Crippen molar-refractivity contribution in [2.75, 3.05) is 13.1 Å². The minimum Gasteiger partial charge on any atom is -0.342 e. The summed E-state index contributed by atoms with van der Waals surface area (Å²) in [5, 5.41) is 0.626. The van der Waals surface area contributed by atoms with Crippen LogP contribution >= 0.6 is 23.2 Å². The van der Waals surface area contributed by atoms with Crippen LogP contribution in [-0.2, 0) is 10.0 Å². The molecule has 4 rings (SSSR count). The highest BCUT2D eigenvalue weighted by Gasteiger charge is 2.31. The van der Waals surface area contributed by atoms with Crippen LogP contribution < -0.4 is 0 Å². The molecule has 1 aromatic heterocycles. The Bertz CT molecular complexity index is 1000. The zero-order chi connectivity index (χ0) is 18.3. The molecule has 0 atom stereocenters. The number of aromatic nitrogens is 2. The SMILES string of the molecule is O=S(=O)(c1cc(Cl)cc(Cl)c1)N1CCC(c2nc3ccccc3[nH]2)CC1. The number of nitrogens with zero attached hydrogens (tertiary/aromatic N) is 2. The van der Waals surface area contributed by atoms with Gasteiger partial charge in [0.2, 0.25) is 10.0 Å². The van der Waals surface area contributed by atoms with Crippen molar-refractivity contribution in [1.82, 2.24) is 14.3 Å². The van der Waals surface area contributed by atoms with Crippen LogP contribution in [0.5, 0.6) is 0 Å². The van der Waals surface area contributed by atoms with E-state index in [1.54, 1.807) is 0 Å². The third kappa shape index (κ3) is 3.34. The summed E-state index contributed by atoms with van der Waals surface area (Å²) in [6.07, 6.45) is 1.43. The van der Waals surface area contributed by atoms with Gasteiger partial charge < -0.3 is 4.98 Å². The van der Waals surface area contributed by atoms with Gasteiger partial charge in [0.1, 0.15) is 5.82 Å². The van der Waals surface area contributed by atoms with Crippen molar-refractivity contribution in [3.05, 3.63) is 58.3 Å². The van der Waals surface area contributed by atoms with Gasteiger partial charge in [-0.25, -0.2) is 13.4 Å². The molecule has 1 aliphatic rings. The zero-order valence-electron chi connectivity index (χ0n) is 13.8. The summed E-state index contributed by atoms with van der Waals surface area (Å²) in [7, 11) is -3.60. The first-order valence-electron chi connectivity index (χ1n) is 8.34. The molecule has 26 heavy (non-hydrogen) atoms. The molecule has 1 fully saturated rings. The van der Waals surface area contributed by atoms with Crippen molar-refractivity contribution in [3.8, 4) is 0 Å². The Kier molecular flexibility index (Phi) is 4.69. The first kappa shape index (κ1) is 17.8. The van der Waals surface area contributed by atoms with Crippen molar-refractivity contribution in [3.63, 3.8) is 0 Å². The molecule has 0 saturated carbocycles. The van der Waals surface area contributed by atoms with E-state index < -0.39 is 10.0 Å². The van der Waals surface area contributed by atoms with E-state index in [1.165, 1.54) is 22.5 Å². The van der Waals surface area contributed by atoms with Crippen molar-refractivity contribution in [1.29, 1.82) is 0 Å². The maximum absolute atomic E-state index is 12.9. The number of sulfonamides is 1. The number of piperidine rings is 1. The first-order chi connectivity index (χ1) is 12.4. The molecule has 8 heteroatoms. The standard InChI is InChI=1S/C18H17Cl2N3O2S/c19-13-9-14(20)11-15(10-13)26(24,25)23-7-5-12(6-8-23)18-21-16-3-1-2-4-17(16)22-18/h1-4,9-12H,5-8H2,(H,21,22). The highest BCUT2D eigenvalue weighted by atomic mass is 35.5. The first-order valence-corrected chi connectivity index (χ1v) is 10.5. The normalized spacial score (nSPS) is 17.0. The zero-order valence-corrected chi connectivity index (χ0v) is 16.2. The van der Waals surface area contributed by atoms with E-state index in [0.29, 0.717) is 36.0 Å². The Morgan fingerprint density at radius 3 is 2.35 bits per heavy atom. The Morgan fingerprint density at radius 2 is 1.69 bits per heavy atom. The maximum atomic E-state index is 12.9. The maximum Gasteiger partial charge on any atom is 0.243 e. The Labute approximate surface area is 162 Å². The molecule has 5 nitrogen and oxygen atoms in total. The summed E-state index contributed by atoms with van der Waals surface area (Å²) in [4.78, 5) is 8.13. The second-order valence-electron chi connectivity index (χ2n) is 6.42. The molecule has 0 aliphatic carbocycles. The quantitative estimate of drug-likeness (QED) is 0.695. The number of halogens is 2. The minimum absolute atomic E-state index is 0.136. The number of hydrogen-bond acceptors (Lipinski definition) is 3. The van der Waals surface area contributed by atoms with Crippen LogP contribution in [0.2, 0.25) is 10.0 Å². The van der Waals surface area contributed by atoms with Gasteiger partial charge in [0.25, 0.3) is 0 Å². The fraction of sp³-hybridized carbons (Fsp3) is 0.278. The van der Waals surface area contributed by atoms with Gasteiger partial charge in [0, 0.05) is 29.1 Å². The molecule has 3 aromatic rings. The summed E-state index contributed by atoms with van der Waals surface area (Å²) >= 11 is 11.9. The highest BCUT2D eigenvalue weighted by Crippen LogP contribution is 2.31. The second-order valence-corrected chi connectivity index (χ2v) is 9.23. The molecule has 136 valence electrons. The Morgan fingerprint density at radius 1 is 1.04 bits per heavy atom. The summed E-state index contributed by atoms with van der Waals surface area (Å²) in [6.45, 7) is 0.877. The molecular formula is C18H17Cl2N3O2S. The molecule has 2 heterocycles. The van der Waals surface area contributed by atoms with Crippen molar-refractivity contribution in [2.24, 2.45) is 0 Å². The van der Waals surface area contributed by atoms with E-state index in [9.17, 15) is 8.42 Å². The van der Waals surface area contributed by atoms with E-state index in [-0.39, 0.29) is 10.8 Å². The predicted molar refractivity (Wildman–Crippen MR) is 103 cm³/mol. The Balaban J connectivity index is 1.52. The fourth-order valence-electron chi connectivity index (χ4n) is 3.36. The topological polar surface area (TPSA) is 66.1 Å². The van der Waals surface area contributed by atoms with Gasteiger partial charge in [0.05, 0.1) is 15.9 Å². The van der Waals surface area contributed by atoms with Crippen LogP contribution in [0.1, 0.15) is 24.6 Å². The van der Waals surface area contributed by atoms with Gasteiger partial charge in [0.15, 0.2) is 0 Å². The minimum atomic E-state index is -3.60. The van der Waals surface area contributed by atoms with Crippen LogP contribution in [0.15, 0.2) is 47.4 Å². The number of imidazole rings is 1. The summed E-state index contributed by atoms with van der Waals surface area (Å²) in [5.74, 6) is 1.14. The fourth-order valence-corrected chi connectivity index (χ4v) is 5.56. The van der Waals surface area contributed by atoms with Gasteiger partial charge >= 0.3 is 0 Å². The van der Waals surface area contributed by atoms with E-state index in [2.05, 4.69) is 9.97 Å². The average Bonchev–Trinajstić information content (AvgIpc) is 3.05. The lowest BCUT2D eigenvalue weighted by molar-refractivity contribution is 0.314. The lowest BCUT2D eigenvalue weighted by Gasteiger charge is -2.30. The van der Waals surface area contributed by atoms with Crippen molar-refractivity contribution in [2.45, 2.75) is 23.7 Å². The molecule has 1 saturated heterocycles. The Hall–Kier alpha value is -1.60. The van der Waals surface area contributed by atoms with Crippen LogP contribution in [0.4, 0.5) is 0 Å². The van der Waals surface area contributed by atoms with Crippen LogP contribution in [0, 0.1) is 0 Å². The van der Waals surface area contributed by atoms with Crippen LogP contribution in [0.3, 0.4) is 0 Å². The van der Waals surface area contributed by atoms with Gasteiger partial charge in [-0.3, -0.25) is 0 Å². The number of hydrogen-bond donors (Lipinski definition) is 1. The van der Waals surface area contributed by atoms with Crippen LogP contribution in [-0.4, -0.2) is 35.8 Å². The van der Waals surface area contributed by atoms with Crippen molar-refractivity contribution >= 4 is 44.3 Å². The highest BCUT2D eigenvalue weighted by molar-refractivity contribution is 7.89. The van der Waals surface area contributed by atoms with E-state index in [1.807, 2.05) is 24.3 Å². The lowest BCUT2D eigenvalue weighted by Crippen LogP contribution is -2.38. The number of nitrogens with one attached hydrogen (secondary N) is 1. The summed E-state index contributed by atoms with van der Waals surface area (Å²) in [6, 6.07) is 12.3. The number of H-pyrrole nitrogens is 1. The van der Waals surface area contributed by atoms with Gasteiger partial charge in [-0.2, -0.15) is 4.31 Å². The monoisotopic (exact) mass is 409 g/mol. The van der Waals surface area contributed by atoms with E-state index in [0.717, 1.165) is 16.9 Å². The molecule has 0 unspecified atom stereocenters. The molecular weight excluding hydrogens is 393 g/mol. The van der Waals surface area contributed by atoms with Gasteiger partial charge in [-0.1, -0.05) is 35.3 Å². The molecule has 1 N–H and O–H groups in total. The van der Waals surface area contributed by atoms with E-state index in [4.69, 9.17) is 23.2 Å². The summed E-state index contributed by atoms with van der Waals surface area (Å²) in [5.41, 5.74) is 1.94. The van der Waals surface area contributed by atoms with E-state index >= 15 is 0 Å². The number of aromatic amines is 1. The molecule has 0 amide bonds. The second kappa shape index (κ2) is 6.85. The third-order valence-electron chi connectivity index (χ3n) is 4.72. The number of para-hydroxylation sites is 2. The largest absolute Gasteiger partial charge is 0.342 e. The molecule has 1 aliphatic heterocycles. The molecule has 0 bridgehead atoms. The van der Waals surface area contributed by atoms with Gasteiger partial charge in [-0.15, -0.1) is 0 Å². The third-order valence-corrected chi connectivity index (χ3v) is 7.04. The van der Waals surface area contributed by atoms with Gasteiger partial charge in [-0.05, 0) is 43.2 Å². The number of fused-ring (bicyclic) bond motifs is 1. The number of rotatable bonds is 3. The molecule has 2 aromatic carbocycles. The predicted octanol–water partition coefficient (Wildman–Crippen LogP) is 4.44. The summed E-state index contributed by atoms with van der Waals surface area (Å²) < 4.78 is 27.2. The lowest BCUT2D eigenvalue weighted by atomic mass is 9.97. The molecule has 0 spiro atoms. The average molecular weight is 410 g/mol. The van der Waals surface area contributed by atoms with Crippen molar-refractivity contribution < 1.29 is 8.42 Å². The number of benzene rings is 2. The van der Waals surface area contributed by atoms with Crippen LogP contribution in [0.25, 0.3) is 11.0 Å². The smallest absolute Gasteiger partial charge is 0.243 e. The molecule has 0 radical (unpaired) electrons.